The molecule has 26 heavy (non-hydrogen) atoms. The maximum atomic E-state index is 12.9. The summed E-state index contributed by atoms with van der Waals surface area (Å²) in [6.07, 6.45) is -0.430. The SMILES string of the molecule is COc1ccc(S(=O)(=O)N2CCN(C(=O)OC(C)(C)C)CC2)cc1OC. The molecule has 1 fully saturated rings. The molecule has 0 N–H and O–H groups in total. The van der Waals surface area contributed by atoms with Gasteiger partial charge in [0, 0.05) is 32.2 Å². The Labute approximate surface area is 154 Å². The molecule has 146 valence electrons. The number of amides is 1. The summed E-state index contributed by atoms with van der Waals surface area (Å²) in [5, 5.41) is 0. The van der Waals surface area contributed by atoms with Crippen molar-refractivity contribution in [2.75, 3.05) is 40.4 Å². The molecule has 1 amide bonds. The predicted octanol–water partition coefficient (Wildman–Crippen LogP) is 1.95. The van der Waals surface area contributed by atoms with Crippen LogP contribution in [0.3, 0.4) is 0 Å². The number of sulfonamides is 1. The summed E-state index contributed by atoms with van der Waals surface area (Å²) in [5.41, 5.74) is -0.583. The van der Waals surface area contributed by atoms with Crippen molar-refractivity contribution < 1.29 is 27.4 Å². The van der Waals surface area contributed by atoms with E-state index in [9.17, 15) is 13.2 Å². The number of piperazine rings is 1. The van der Waals surface area contributed by atoms with Gasteiger partial charge in [0.2, 0.25) is 10.0 Å². The zero-order valence-corrected chi connectivity index (χ0v) is 16.6. The van der Waals surface area contributed by atoms with Crippen molar-refractivity contribution >= 4 is 16.1 Å². The Hall–Kier alpha value is -2.00. The summed E-state index contributed by atoms with van der Waals surface area (Å²) in [6.45, 7) is 6.35. The lowest BCUT2D eigenvalue weighted by Gasteiger charge is -2.35. The third-order valence-electron chi connectivity index (χ3n) is 3.88. The van der Waals surface area contributed by atoms with Gasteiger partial charge in [-0.15, -0.1) is 0 Å². The van der Waals surface area contributed by atoms with Crippen LogP contribution in [0, 0.1) is 0 Å². The van der Waals surface area contributed by atoms with Crippen LogP contribution < -0.4 is 9.47 Å². The van der Waals surface area contributed by atoms with Gasteiger partial charge in [0.15, 0.2) is 11.5 Å². The molecule has 0 radical (unpaired) electrons. The largest absolute Gasteiger partial charge is 0.493 e. The van der Waals surface area contributed by atoms with E-state index in [0.717, 1.165) is 0 Å². The van der Waals surface area contributed by atoms with E-state index >= 15 is 0 Å². The third-order valence-corrected chi connectivity index (χ3v) is 5.78. The van der Waals surface area contributed by atoms with Gasteiger partial charge in [-0.1, -0.05) is 0 Å². The Kier molecular flexibility index (Phi) is 6.02. The highest BCUT2D eigenvalue weighted by atomic mass is 32.2. The van der Waals surface area contributed by atoms with Crippen LogP contribution in [0.25, 0.3) is 0 Å². The number of hydrogen-bond donors (Lipinski definition) is 0. The summed E-state index contributed by atoms with van der Waals surface area (Å²) >= 11 is 0. The number of hydrogen-bond acceptors (Lipinski definition) is 6. The number of rotatable bonds is 4. The van der Waals surface area contributed by atoms with Crippen LogP contribution in [0.2, 0.25) is 0 Å². The Morgan fingerprint density at radius 2 is 1.58 bits per heavy atom. The average molecular weight is 386 g/mol. The smallest absolute Gasteiger partial charge is 0.410 e. The quantitative estimate of drug-likeness (QED) is 0.786. The number of ether oxygens (including phenoxy) is 3. The molecule has 1 saturated heterocycles. The Morgan fingerprint density at radius 1 is 1.00 bits per heavy atom. The molecular formula is C17H26N2O6S. The van der Waals surface area contributed by atoms with Gasteiger partial charge in [0.1, 0.15) is 5.60 Å². The molecule has 1 aliphatic heterocycles. The van der Waals surface area contributed by atoms with Crippen molar-refractivity contribution in [1.29, 1.82) is 0 Å². The second-order valence-corrected chi connectivity index (χ2v) is 8.83. The molecule has 0 aromatic heterocycles. The molecule has 0 saturated carbocycles. The van der Waals surface area contributed by atoms with Crippen LogP contribution >= 0.6 is 0 Å². The van der Waals surface area contributed by atoms with E-state index in [4.69, 9.17) is 14.2 Å². The third kappa shape index (κ3) is 4.59. The fraction of sp³-hybridized carbons (Fsp3) is 0.588. The van der Waals surface area contributed by atoms with Crippen molar-refractivity contribution in [1.82, 2.24) is 9.21 Å². The first-order chi connectivity index (χ1) is 12.1. The highest BCUT2D eigenvalue weighted by Crippen LogP contribution is 2.31. The van der Waals surface area contributed by atoms with Crippen molar-refractivity contribution in [3.8, 4) is 11.5 Å². The van der Waals surface area contributed by atoms with Gasteiger partial charge >= 0.3 is 6.09 Å². The molecule has 0 aliphatic carbocycles. The van der Waals surface area contributed by atoms with E-state index in [1.165, 1.54) is 35.6 Å². The van der Waals surface area contributed by atoms with Gasteiger partial charge < -0.3 is 19.1 Å². The van der Waals surface area contributed by atoms with Crippen LogP contribution in [0.15, 0.2) is 23.1 Å². The molecule has 0 unspecified atom stereocenters. The van der Waals surface area contributed by atoms with Crippen LogP contribution in [-0.4, -0.2) is 69.7 Å². The van der Waals surface area contributed by atoms with Crippen LogP contribution in [0.1, 0.15) is 20.8 Å². The van der Waals surface area contributed by atoms with Gasteiger partial charge in [-0.05, 0) is 32.9 Å². The highest BCUT2D eigenvalue weighted by molar-refractivity contribution is 7.89. The molecule has 9 heteroatoms. The van der Waals surface area contributed by atoms with E-state index in [1.807, 2.05) is 0 Å². The summed E-state index contributed by atoms with van der Waals surface area (Å²) in [5.74, 6) is 0.808. The fourth-order valence-electron chi connectivity index (χ4n) is 2.56. The fourth-order valence-corrected chi connectivity index (χ4v) is 4.00. The number of nitrogens with zero attached hydrogens (tertiary/aromatic N) is 2. The van der Waals surface area contributed by atoms with Gasteiger partial charge in [0.25, 0.3) is 0 Å². The predicted molar refractivity (Wildman–Crippen MR) is 96.1 cm³/mol. The first kappa shape index (κ1) is 20.3. The Morgan fingerprint density at radius 3 is 2.08 bits per heavy atom. The molecule has 8 nitrogen and oxygen atoms in total. The number of methoxy groups -OCH3 is 2. The highest BCUT2D eigenvalue weighted by Gasteiger charge is 2.32. The van der Waals surface area contributed by atoms with E-state index in [-0.39, 0.29) is 31.1 Å². The zero-order chi connectivity index (χ0) is 19.5. The van der Waals surface area contributed by atoms with Crippen molar-refractivity contribution in [3.63, 3.8) is 0 Å². The van der Waals surface area contributed by atoms with Crippen LogP contribution in [0.5, 0.6) is 11.5 Å². The van der Waals surface area contributed by atoms with Crippen molar-refractivity contribution in [2.24, 2.45) is 0 Å². The van der Waals surface area contributed by atoms with Gasteiger partial charge in [0.05, 0.1) is 19.1 Å². The lowest BCUT2D eigenvalue weighted by molar-refractivity contribution is 0.0192. The minimum absolute atomic E-state index is 0.126. The summed E-state index contributed by atoms with van der Waals surface area (Å²) < 4.78 is 42.7. The summed E-state index contributed by atoms with van der Waals surface area (Å²) in [6, 6.07) is 4.48. The lowest BCUT2D eigenvalue weighted by atomic mass is 10.2. The van der Waals surface area contributed by atoms with E-state index in [2.05, 4.69) is 0 Å². The second-order valence-electron chi connectivity index (χ2n) is 6.89. The molecule has 1 aromatic carbocycles. The molecule has 2 rings (SSSR count). The number of carbonyl (C=O) groups excluding carboxylic acids is 1. The zero-order valence-electron chi connectivity index (χ0n) is 15.8. The number of benzene rings is 1. The van der Waals surface area contributed by atoms with Crippen molar-refractivity contribution in [3.05, 3.63) is 18.2 Å². The molecular weight excluding hydrogens is 360 g/mol. The van der Waals surface area contributed by atoms with E-state index < -0.39 is 21.7 Å². The number of carbonyl (C=O) groups is 1. The Bertz CT molecular complexity index is 749. The maximum Gasteiger partial charge on any atom is 0.410 e. The molecule has 1 aromatic rings. The molecule has 1 aliphatic rings. The monoisotopic (exact) mass is 386 g/mol. The minimum Gasteiger partial charge on any atom is -0.493 e. The molecule has 0 spiro atoms. The molecule has 0 bridgehead atoms. The lowest BCUT2D eigenvalue weighted by Crippen LogP contribution is -2.51. The maximum absolute atomic E-state index is 12.9. The normalized spacial score (nSPS) is 16.3. The molecule has 1 heterocycles. The van der Waals surface area contributed by atoms with E-state index in [1.54, 1.807) is 26.8 Å². The minimum atomic E-state index is -3.68. The Balaban J connectivity index is 2.09. The summed E-state index contributed by atoms with van der Waals surface area (Å²) in [4.78, 5) is 13.7. The standard InChI is InChI=1S/C17H26N2O6S/c1-17(2,3)25-16(20)18-8-10-19(11-9-18)26(21,22)13-6-7-14(23-4)15(12-13)24-5/h6-7,12H,8-11H2,1-5H3. The average Bonchev–Trinajstić information content (AvgIpc) is 2.59. The van der Waals surface area contributed by atoms with E-state index in [0.29, 0.717) is 11.5 Å². The van der Waals surface area contributed by atoms with Gasteiger partial charge in [-0.25, -0.2) is 13.2 Å². The van der Waals surface area contributed by atoms with Crippen molar-refractivity contribution in [2.45, 2.75) is 31.3 Å². The molecule has 0 atom stereocenters. The second kappa shape index (κ2) is 7.71. The van der Waals surface area contributed by atoms with Gasteiger partial charge in [-0.2, -0.15) is 4.31 Å². The van der Waals surface area contributed by atoms with Crippen LogP contribution in [0.4, 0.5) is 4.79 Å². The van der Waals surface area contributed by atoms with Gasteiger partial charge in [-0.3, -0.25) is 0 Å². The summed E-state index contributed by atoms with van der Waals surface area (Å²) in [7, 11) is -0.745. The topological polar surface area (TPSA) is 85.4 Å². The van der Waals surface area contributed by atoms with Crippen LogP contribution in [-0.2, 0) is 14.8 Å². The first-order valence-corrected chi connectivity index (χ1v) is 9.72. The first-order valence-electron chi connectivity index (χ1n) is 8.28.